The highest BCUT2D eigenvalue weighted by atomic mass is 32.2. The molecule has 0 aromatic heterocycles. The van der Waals surface area contributed by atoms with Crippen molar-refractivity contribution in [1.82, 2.24) is 0 Å². The van der Waals surface area contributed by atoms with Gasteiger partial charge in [0.2, 0.25) is 10.0 Å². The molecule has 0 radical (unpaired) electrons. The Kier molecular flexibility index (Phi) is 1.86. The van der Waals surface area contributed by atoms with Gasteiger partial charge in [0.15, 0.2) is 4.75 Å². The first-order valence-electron chi connectivity index (χ1n) is 6.05. The van der Waals surface area contributed by atoms with Gasteiger partial charge in [-0.2, -0.15) is 0 Å². The number of fused-ring (bicyclic) bond motifs is 3. The largest absolute Gasteiger partial charge is 0.282 e. The second-order valence-corrected chi connectivity index (χ2v) is 6.75. The Morgan fingerprint density at radius 1 is 0.842 bits per heavy atom. The minimum atomic E-state index is -3.47. The Bertz CT molecular complexity index is 878. The van der Waals surface area contributed by atoms with Gasteiger partial charge in [-0.15, -0.1) is 0 Å². The van der Waals surface area contributed by atoms with Gasteiger partial charge < -0.3 is 0 Å². The van der Waals surface area contributed by atoms with Crippen LogP contribution in [-0.2, 0) is 14.8 Å². The van der Waals surface area contributed by atoms with Crippen molar-refractivity contribution in [2.24, 2.45) is 0 Å². The summed E-state index contributed by atoms with van der Waals surface area (Å²) in [7, 11) is -3.47. The number of hydrogen-bond acceptors (Lipinski definition) is 2. The zero-order valence-corrected chi connectivity index (χ0v) is 10.8. The highest BCUT2D eigenvalue weighted by Gasteiger charge is 2.49. The standard InChI is InChI=1S/C15H11NO2S/c17-19(18)15(13-7-3-4-8-14(13)16-19)9-11-5-1-2-6-12(11)10-15/h1-10,16H. The van der Waals surface area contributed by atoms with Crippen molar-refractivity contribution in [1.29, 1.82) is 0 Å². The number of rotatable bonds is 0. The van der Waals surface area contributed by atoms with Crippen LogP contribution in [0.15, 0.2) is 48.5 Å². The maximum Gasteiger partial charge on any atom is 0.250 e. The van der Waals surface area contributed by atoms with Crippen molar-refractivity contribution >= 4 is 27.9 Å². The summed E-state index contributed by atoms with van der Waals surface area (Å²) in [6, 6.07) is 15.1. The van der Waals surface area contributed by atoms with Crippen molar-refractivity contribution in [3.63, 3.8) is 0 Å². The molecule has 1 aliphatic heterocycles. The summed E-state index contributed by atoms with van der Waals surface area (Å²) in [6.45, 7) is 0. The third-order valence-electron chi connectivity index (χ3n) is 3.77. The Hall–Kier alpha value is -2.07. The lowest BCUT2D eigenvalue weighted by Gasteiger charge is -2.17. The Labute approximate surface area is 111 Å². The van der Waals surface area contributed by atoms with E-state index >= 15 is 0 Å². The molecule has 1 heterocycles. The monoisotopic (exact) mass is 269 g/mol. The summed E-state index contributed by atoms with van der Waals surface area (Å²) in [5.41, 5.74) is 1.47. The van der Waals surface area contributed by atoms with Crippen LogP contribution >= 0.6 is 0 Å². The van der Waals surface area contributed by atoms with Gasteiger partial charge in [0.25, 0.3) is 0 Å². The van der Waals surface area contributed by atoms with Crippen molar-refractivity contribution in [2.75, 3.05) is 4.72 Å². The number of benzene rings is 2. The van der Waals surface area contributed by atoms with E-state index in [2.05, 4.69) is 4.72 Å². The van der Waals surface area contributed by atoms with Gasteiger partial charge in [-0.25, -0.2) is 8.42 Å². The third-order valence-corrected chi connectivity index (χ3v) is 5.61. The molecule has 94 valence electrons. The van der Waals surface area contributed by atoms with E-state index < -0.39 is 14.8 Å². The van der Waals surface area contributed by atoms with Crippen LogP contribution in [0.5, 0.6) is 0 Å². The molecule has 0 saturated carbocycles. The predicted octanol–water partition coefficient (Wildman–Crippen LogP) is 0.912. The summed E-state index contributed by atoms with van der Waals surface area (Å²) in [6.07, 6.45) is 3.66. The highest BCUT2D eigenvalue weighted by Crippen LogP contribution is 2.45. The minimum absolute atomic E-state index is 0.669. The van der Waals surface area contributed by atoms with Gasteiger partial charge in [0.1, 0.15) is 0 Å². The summed E-state index contributed by atoms with van der Waals surface area (Å²) in [5, 5.41) is 1.93. The molecular weight excluding hydrogens is 258 g/mol. The number of anilines is 1. The van der Waals surface area contributed by atoms with Crippen LogP contribution < -0.4 is 15.2 Å². The second kappa shape index (κ2) is 3.27. The lowest BCUT2D eigenvalue weighted by atomic mass is 9.98. The summed E-state index contributed by atoms with van der Waals surface area (Å²) in [4.78, 5) is 0. The number of hydrogen-bond donors (Lipinski definition) is 1. The Morgan fingerprint density at radius 2 is 1.42 bits per heavy atom. The van der Waals surface area contributed by atoms with E-state index in [-0.39, 0.29) is 0 Å². The molecule has 0 bridgehead atoms. The van der Waals surface area contributed by atoms with E-state index in [9.17, 15) is 8.42 Å². The van der Waals surface area contributed by atoms with Crippen molar-refractivity contribution in [2.45, 2.75) is 4.75 Å². The third kappa shape index (κ3) is 1.24. The second-order valence-electron chi connectivity index (χ2n) is 4.86. The van der Waals surface area contributed by atoms with Crippen LogP contribution in [0.25, 0.3) is 12.2 Å². The van der Waals surface area contributed by atoms with Gasteiger partial charge >= 0.3 is 0 Å². The van der Waals surface area contributed by atoms with E-state index in [4.69, 9.17) is 0 Å². The maximum atomic E-state index is 12.5. The molecule has 2 aromatic rings. The van der Waals surface area contributed by atoms with E-state index in [0.717, 1.165) is 16.0 Å². The first-order valence-corrected chi connectivity index (χ1v) is 7.53. The van der Waals surface area contributed by atoms with E-state index in [0.29, 0.717) is 5.69 Å². The SMILES string of the molecule is O=S1(=O)Nc2ccccc2C12C=c1ccccc1=C2. The normalized spacial score (nSPS) is 20.0. The summed E-state index contributed by atoms with van der Waals surface area (Å²) < 4.78 is 26.7. The molecule has 1 N–H and O–H groups in total. The zero-order chi connectivity index (χ0) is 13.1. The van der Waals surface area contributed by atoms with Crippen LogP contribution in [0.4, 0.5) is 5.69 Å². The molecule has 0 saturated heterocycles. The van der Waals surface area contributed by atoms with Gasteiger partial charge in [-0.3, -0.25) is 4.72 Å². The molecule has 4 rings (SSSR count). The lowest BCUT2D eigenvalue weighted by Crippen LogP contribution is -2.28. The number of nitrogens with one attached hydrogen (secondary N) is 1. The first kappa shape index (κ1) is 10.8. The Balaban J connectivity index is 2.15. The molecule has 0 atom stereocenters. The van der Waals surface area contributed by atoms with Crippen LogP contribution in [0.1, 0.15) is 5.56 Å². The topological polar surface area (TPSA) is 46.2 Å². The van der Waals surface area contributed by atoms with Crippen molar-refractivity contribution in [3.8, 4) is 0 Å². The van der Waals surface area contributed by atoms with Crippen LogP contribution in [-0.4, -0.2) is 8.42 Å². The molecule has 19 heavy (non-hydrogen) atoms. The molecule has 2 aromatic carbocycles. The van der Waals surface area contributed by atoms with E-state index in [1.807, 2.05) is 54.6 Å². The van der Waals surface area contributed by atoms with E-state index in [1.54, 1.807) is 6.07 Å². The zero-order valence-electron chi connectivity index (χ0n) is 10.00. The van der Waals surface area contributed by atoms with Gasteiger partial charge in [-0.05, 0) is 28.7 Å². The molecule has 3 nitrogen and oxygen atoms in total. The van der Waals surface area contributed by atoms with Crippen LogP contribution in [0.3, 0.4) is 0 Å². The first-order chi connectivity index (χ1) is 9.12. The molecule has 2 aliphatic rings. The van der Waals surface area contributed by atoms with Gasteiger partial charge in [0.05, 0.1) is 5.69 Å². The van der Waals surface area contributed by atoms with Crippen LogP contribution in [0, 0.1) is 0 Å². The average molecular weight is 269 g/mol. The molecular formula is C15H11NO2S. The Morgan fingerprint density at radius 3 is 2.11 bits per heavy atom. The molecule has 0 fully saturated rings. The molecule has 1 spiro atoms. The average Bonchev–Trinajstić information content (AvgIpc) is 2.88. The number of para-hydroxylation sites is 1. The molecule has 0 amide bonds. The molecule has 1 aliphatic carbocycles. The van der Waals surface area contributed by atoms with Gasteiger partial charge in [0, 0.05) is 5.56 Å². The lowest BCUT2D eigenvalue weighted by molar-refractivity contribution is 0.593. The number of sulfonamides is 1. The fourth-order valence-electron chi connectivity index (χ4n) is 2.87. The maximum absolute atomic E-state index is 12.5. The van der Waals surface area contributed by atoms with Crippen LogP contribution in [0.2, 0.25) is 0 Å². The predicted molar refractivity (Wildman–Crippen MR) is 75.3 cm³/mol. The molecule has 4 heteroatoms. The quantitative estimate of drug-likeness (QED) is 0.773. The van der Waals surface area contributed by atoms with E-state index in [1.165, 1.54) is 0 Å². The summed E-state index contributed by atoms with van der Waals surface area (Å²) >= 11 is 0. The van der Waals surface area contributed by atoms with Gasteiger partial charge in [-0.1, -0.05) is 42.5 Å². The fraction of sp³-hybridized carbons (Fsp3) is 0.0667. The fourth-order valence-corrected chi connectivity index (χ4v) is 4.54. The highest BCUT2D eigenvalue weighted by molar-refractivity contribution is 7.94. The van der Waals surface area contributed by atoms with Crippen molar-refractivity contribution in [3.05, 3.63) is 64.5 Å². The smallest absolute Gasteiger partial charge is 0.250 e. The summed E-state index contributed by atoms with van der Waals surface area (Å²) in [5.74, 6) is 0. The molecule has 0 unspecified atom stereocenters. The minimum Gasteiger partial charge on any atom is -0.282 e. The van der Waals surface area contributed by atoms with Crippen molar-refractivity contribution < 1.29 is 8.42 Å².